The van der Waals surface area contributed by atoms with Gasteiger partial charge in [0.2, 0.25) is 0 Å². The van der Waals surface area contributed by atoms with Crippen LogP contribution in [0.1, 0.15) is 20.8 Å². The number of nitrogens with zero attached hydrogens (tertiary/aromatic N) is 3. The molecule has 0 saturated heterocycles. The lowest BCUT2D eigenvalue weighted by Gasteiger charge is -2.19. The molecule has 0 aliphatic heterocycles. The van der Waals surface area contributed by atoms with Crippen molar-refractivity contribution < 1.29 is 9.53 Å². The number of carbonyl (C=O) groups excluding carboxylic acids is 1. The molecule has 0 radical (unpaired) electrons. The number of hydrogen-bond donors (Lipinski definition) is 1. The summed E-state index contributed by atoms with van der Waals surface area (Å²) in [6.45, 7) is 5.37. The van der Waals surface area contributed by atoms with Crippen molar-refractivity contribution in [2.75, 3.05) is 5.32 Å². The zero-order chi connectivity index (χ0) is 12.9. The quantitative estimate of drug-likeness (QED) is 0.476. The standard InChI is InChI=1S/C11H14N4O2/c1-11(2,3)17-10(16)13-8-4-6-9(7-5-8)14-15-12/h4-7H,1-3H3,(H,13,16). The van der Waals surface area contributed by atoms with E-state index in [9.17, 15) is 4.79 Å². The Morgan fingerprint density at radius 3 is 2.41 bits per heavy atom. The monoisotopic (exact) mass is 234 g/mol. The van der Waals surface area contributed by atoms with Crippen molar-refractivity contribution in [1.82, 2.24) is 0 Å². The summed E-state index contributed by atoms with van der Waals surface area (Å²) >= 11 is 0. The number of hydrogen-bond acceptors (Lipinski definition) is 3. The molecule has 1 rings (SSSR count). The number of anilines is 1. The van der Waals surface area contributed by atoms with Gasteiger partial charge in [-0.15, -0.1) is 0 Å². The highest BCUT2D eigenvalue weighted by Crippen LogP contribution is 2.17. The number of amides is 1. The summed E-state index contributed by atoms with van der Waals surface area (Å²) in [7, 11) is 0. The lowest BCUT2D eigenvalue weighted by molar-refractivity contribution is 0.0636. The Morgan fingerprint density at radius 1 is 1.35 bits per heavy atom. The first-order valence-electron chi connectivity index (χ1n) is 5.06. The van der Waals surface area contributed by atoms with Crippen LogP contribution in [0.5, 0.6) is 0 Å². The summed E-state index contributed by atoms with van der Waals surface area (Å²) in [5.41, 5.74) is 8.77. The van der Waals surface area contributed by atoms with Gasteiger partial charge >= 0.3 is 6.09 Å². The van der Waals surface area contributed by atoms with Crippen LogP contribution in [0.2, 0.25) is 0 Å². The fourth-order valence-electron chi connectivity index (χ4n) is 1.08. The first-order valence-corrected chi connectivity index (χ1v) is 5.06. The fraction of sp³-hybridized carbons (Fsp3) is 0.364. The van der Waals surface area contributed by atoms with Crippen LogP contribution < -0.4 is 5.32 Å². The van der Waals surface area contributed by atoms with Gasteiger partial charge in [-0.3, -0.25) is 5.32 Å². The highest BCUT2D eigenvalue weighted by atomic mass is 16.6. The summed E-state index contributed by atoms with van der Waals surface area (Å²) in [4.78, 5) is 14.1. The topological polar surface area (TPSA) is 87.1 Å². The van der Waals surface area contributed by atoms with Crippen molar-refractivity contribution >= 4 is 17.5 Å². The van der Waals surface area contributed by atoms with E-state index in [4.69, 9.17) is 10.3 Å². The second-order valence-corrected chi connectivity index (χ2v) is 4.36. The number of rotatable bonds is 2. The molecule has 0 saturated carbocycles. The number of carbonyl (C=O) groups is 1. The molecule has 0 aliphatic carbocycles. The van der Waals surface area contributed by atoms with E-state index in [2.05, 4.69) is 15.3 Å². The molecule has 0 fully saturated rings. The zero-order valence-electron chi connectivity index (χ0n) is 9.97. The van der Waals surface area contributed by atoms with Crippen LogP contribution in [0, 0.1) is 0 Å². The summed E-state index contributed by atoms with van der Waals surface area (Å²) in [5, 5.41) is 5.99. The van der Waals surface area contributed by atoms with Crippen molar-refractivity contribution in [1.29, 1.82) is 0 Å². The molecule has 0 atom stereocenters. The van der Waals surface area contributed by atoms with E-state index in [1.807, 2.05) is 0 Å². The van der Waals surface area contributed by atoms with Crippen LogP contribution in [-0.4, -0.2) is 11.7 Å². The van der Waals surface area contributed by atoms with Gasteiger partial charge < -0.3 is 4.74 Å². The maximum absolute atomic E-state index is 11.4. The smallest absolute Gasteiger partial charge is 0.412 e. The molecule has 6 nitrogen and oxygen atoms in total. The first kappa shape index (κ1) is 12.9. The minimum atomic E-state index is -0.533. The zero-order valence-corrected chi connectivity index (χ0v) is 9.97. The number of benzene rings is 1. The van der Waals surface area contributed by atoms with Gasteiger partial charge in [0.1, 0.15) is 5.60 Å². The number of nitrogens with one attached hydrogen (secondary N) is 1. The van der Waals surface area contributed by atoms with Crippen molar-refractivity contribution in [3.05, 3.63) is 34.7 Å². The van der Waals surface area contributed by atoms with Gasteiger partial charge in [0.15, 0.2) is 0 Å². The lowest BCUT2D eigenvalue weighted by Crippen LogP contribution is -2.27. The van der Waals surface area contributed by atoms with E-state index < -0.39 is 11.7 Å². The SMILES string of the molecule is CC(C)(C)OC(=O)Nc1ccc(N=[N+]=[N-])cc1. The molecule has 1 amide bonds. The Hall–Kier alpha value is -2.20. The van der Waals surface area contributed by atoms with Gasteiger partial charge in [-0.2, -0.15) is 0 Å². The molecule has 0 aromatic heterocycles. The van der Waals surface area contributed by atoms with E-state index in [0.29, 0.717) is 11.4 Å². The molecule has 0 bridgehead atoms. The maximum Gasteiger partial charge on any atom is 0.412 e. The van der Waals surface area contributed by atoms with Gasteiger partial charge in [0.05, 0.1) is 0 Å². The van der Waals surface area contributed by atoms with E-state index in [-0.39, 0.29) is 0 Å². The Labute approximate surface area is 99.2 Å². The van der Waals surface area contributed by atoms with Crippen molar-refractivity contribution in [3.63, 3.8) is 0 Å². The van der Waals surface area contributed by atoms with E-state index in [1.54, 1.807) is 45.0 Å². The molecule has 0 heterocycles. The van der Waals surface area contributed by atoms with Crippen molar-refractivity contribution in [2.24, 2.45) is 5.11 Å². The molecule has 6 heteroatoms. The second-order valence-electron chi connectivity index (χ2n) is 4.36. The Kier molecular flexibility index (Phi) is 3.96. The summed E-state index contributed by atoms with van der Waals surface area (Å²) in [6, 6.07) is 6.47. The van der Waals surface area contributed by atoms with Crippen molar-refractivity contribution in [2.45, 2.75) is 26.4 Å². The maximum atomic E-state index is 11.4. The first-order chi connectivity index (χ1) is 7.90. The predicted molar refractivity (Wildman–Crippen MR) is 65.1 cm³/mol. The molecule has 0 spiro atoms. The van der Waals surface area contributed by atoms with Crippen LogP contribution in [0.15, 0.2) is 29.4 Å². The molecule has 17 heavy (non-hydrogen) atoms. The van der Waals surface area contributed by atoms with Crippen LogP contribution in [-0.2, 0) is 4.74 Å². The van der Waals surface area contributed by atoms with Gasteiger partial charge in [0.25, 0.3) is 0 Å². The molecular formula is C11H14N4O2. The highest BCUT2D eigenvalue weighted by Gasteiger charge is 2.15. The highest BCUT2D eigenvalue weighted by molar-refractivity contribution is 5.85. The molecule has 1 N–H and O–H groups in total. The third-order valence-corrected chi connectivity index (χ3v) is 1.67. The molecular weight excluding hydrogens is 220 g/mol. The Morgan fingerprint density at radius 2 is 1.94 bits per heavy atom. The molecule has 1 aromatic carbocycles. The second kappa shape index (κ2) is 5.23. The normalized spacial score (nSPS) is 10.3. The third kappa shape index (κ3) is 4.90. The molecule has 0 unspecified atom stereocenters. The average molecular weight is 234 g/mol. The largest absolute Gasteiger partial charge is 0.444 e. The van der Waals surface area contributed by atoms with Crippen LogP contribution in [0.4, 0.5) is 16.2 Å². The molecule has 0 aliphatic rings. The summed E-state index contributed by atoms with van der Waals surface area (Å²) < 4.78 is 5.09. The number of azide groups is 1. The van der Waals surface area contributed by atoms with Crippen LogP contribution in [0.3, 0.4) is 0 Å². The summed E-state index contributed by atoms with van der Waals surface area (Å²) in [6.07, 6.45) is -0.519. The Bertz CT molecular complexity index is 442. The van der Waals surface area contributed by atoms with Gasteiger partial charge in [-0.25, -0.2) is 4.79 Å². The summed E-state index contributed by atoms with van der Waals surface area (Å²) in [5.74, 6) is 0. The van der Waals surface area contributed by atoms with E-state index in [1.165, 1.54) is 0 Å². The minimum absolute atomic E-state index is 0.488. The lowest BCUT2D eigenvalue weighted by atomic mass is 10.2. The van der Waals surface area contributed by atoms with Gasteiger partial charge in [-0.1, -0.05) is 17.2 Å². The average Bonchev–Trinajstić information content (AvgIpc) is 2.18. The molecule has 1 aromatic rings. The fourth-order valence-corrected chi connectivity index (χ4v) is 1.08. The van der Waals surface area contributed by atoms with E-state index in [0.717, 1.165) is 0 Å². The predicted octanol–water partition coefficient (Wildman–Crippen LogP) is 3.98. The van der Waals surface area contributed by atoms with Gasteiger partial charge in [0, 0.05) is 16.3 Å². The van der Waals surface area contributed by atoms with E-state index >= 15 is 0 Å². The van der Waals surface area contributed by atoms with Crippen LogP contribution in [0.25, 0.3) is 10.4 Å². The number of ether oxygens (including phenoxy) is 1. The third-order valence-electron chi connectivity index (χ3n) is 1.67. The van der Waals surface area contributed by atoms with Crippen molar-refractivity contribution in [3.8, 4) is 0 Å². The van der Waals surface area contributed by atoms with Gasteiger partial charge in [-0.05, 0) is 38.4 Å². The minimum Gasteiger partial charge on any atom is -0.444 e. The Balaban J connectivity index is 2.63. The van der Waals surface area contributed by atoms with Crippen LogP contribution >= 0.6 is 0 Å². The molecule has 90 valence electrons.